The summed E-state index contributed by atoms with van der Waals surface area (Å²) >= 11 is 0. The number of hydrogen-bond donors (Lipinski definition) is 3. The molecule has 0 bridgehead atoms. The Kier molecular flexibility index (Phi) is 9.34. The van der Waals surface area contributed by atoms with Crippen molar-refractivity contribution in [1.29, 1.82) is 0 Å². The zero-order valence-corrected chi connectivity index (χ0v) is 10.5. The van der Waals surface area contributed by atoms with Gasteiger partial charge in [-0.15, -0.1) is 0 Å². The second-order valence-corrected chi connectivity index (χ2v) is 3.59. The van der Waals surface area contributed by atoms with Crippen LogP contribution < -0.4 is 10.6 Å². The maximum atomic E-state index is 11.2. The van der Waals surface area contributed by atoms with Crippen molar-refractivity contribution in [3.8, 4) is 0 Å². The van der Waals surface area contributed by atoms with Crippen LogP contribution in [0, 0.1) is 0 Å². The van der Waals surface area contributed by atoms with E-state index in [1.54, 1.807) is 6.92 Å². The van der Waals surface area contributed by atoms with Gasteiger partial charge in [-0.25, -0.2) is 4.79 Å². The van der Waals surface area contributed by atoms with Gasteiger partial charge < -0.3 is 20.5 Å². The fraction of sp³-hybridized carbons (Fsp3) is 0.727. The maximum Gasteiger partial charge on any atom is 0.314 e. The second-order valence-electron chi connectivity index (χ2n) is 3.59. The number of unbranched alkanes of at least 4 members (excludes halogenated alkanes) is 1. The summed E-state index contributed by atoms with van der Waals surface area (Å²) in [5.74, 6) is -1.19. The monoisotopic (exact) mass is 260 g/mol. The van der Waals surface area contributed by atoms with E-state index in [0.29, 0.717) is 26.0 Å². The van der Waals surface area contributed by atoms with Gasteiger partial charge >= 0.3 is 18.0 Å². The first-order valence-electron chi connectivity index (χ1n) is 5.95. The highest BCUT2D eigenvalue weighted by Gasteiger charge is 2.03. The number of urea groups is 1. The van der Waals surface area contributed by atoms with Crippen LogP contribution in [0.1, 0.15) is 32.6 Å². The number of nitrogens with one attached hydrogen (secondary N) is 2. The summed E-state index contributed by atoms with van der Waals surface area (Å²) in [6, 6.07) is -0.366. The number of ether oxygens (including phenoxy) is 1. The van der Waals surface area contributed by atoms with Crippen LogP contribution in [0.3, 0.4) is 0 Å². The minimum absolute atomic E-state index is 0.103. The molecule has 0 saturated carbocycles. The molecular weight excluding hydrogens is 240 g/mol. The van der Waals surface area contributed by atoms with Gasteiger partial charge in [-0.2, -0.15) is 0 Å². The highest BCUT2D eigenvalue weighted by molar-refractivity contribution is 5.75. The summed E-state index contributed by atoms with van der Waals surface area (Å²) in [5.41, 5.74) is 0. The van der Waals surface area contributed by atoms with Crippen LogP contribution >= 0.6 is 0 Å². The first kappa shape index (κ1) is 16.2. The van der Waals surface area contributed by atoms with E-state index >= 15 is 0 Å². The molecule has 0 spiro atoms. The van der Waals surface area contributed by atoms with E-state index in [4.69, 9.17) is 9.84 Å². The molecule has 0 aliphatic carbocycles. The molecule has 0 aliphatic rings. The van der Waals surface area contributed by atoms with E-state index in [2.05, 4.69) is 10.6 Å². The topological polar surface area (TPSA) is 105 Å². The number of carboxylic acids is 1. The first-order valence-corrected chi connectivity index (χ1v) is 5.95. The Bertz CT molecular complexity index is 281. The Morgan fingerprint density at radius 2 is 1.72 bits per heavy atom. The van der Waals surface area contributed by atoms with Gasteiger partial charge in [0.2, 0.25) is 0 Å². The van der Waals surface area contributed by atoms with Crippen molar-refractivity contribution in [2.75, 3.05) is 19.7 Å². The van der Waals surface area contributed by atoms with E-state index < -0.39 is 5.97 Å². The van der Waals surface area contributed by atoms with E-state index in [1.165, 1.54) is 0 Å². The molecule has 0 heterocycles. The van der Waals surface area contributed by atoms with E-state index in [0.717, 1.165) is 0 Å². The third-order valence-corrected chi connectivity index (χ3v) is 2.02. The van der Waals surface area contributed by atoms with Gasteiger partial charge in [0.15, 0.2) is 0 Å². The smallest absolute Gasteiger partial charge is 0.314 e. The van der Waals surface area contributed by atoms with Crippen LogP contribution in [0.15, 0.2) is 0 Å². The molecule has 0 fully saturated rings. The van der Waals surface area contributed by atoms with Crippen molar-refractivity contribution in [2.45, 2.75) is 32.6 Å². The lowest BCUT2D eigenvalue weighted by Gasteiger charge is -2.06. The summed E-state index contributed by atoms with van der Waals surface area (Å²) in [4.78, 5) is 32.3. The predicted molar refractivity (Wildman–Crippen MR) is 64.1 cm³/mol. The summed E-state index contributed by atoms with van der Waals surface area (Å²) < 4.78 is 4.69. The lowest BCUT2D eigenvalue weighted by molar-refractivity contribution is -0.143. The molecule has 0 aliphatic heterocycles. The highest BCUT2D eigenvalue weighted by atomic mass is 16.5. The number of carboxylic acid groups (broad SMARTS) is 1. The van der Waals surface area contributed by atoms with E-state index in [1.807, 2.05) is 0 Å². The van der Waals surface area contributed by atoms with Crippen LogP contribution in [0.2, 0.25) is 0 Å². The van der Waals surface area contributed by atoms with Gasteiger partial charge in [-0.3, -0.25) is 9.59 Å². The van der Waals surface area contributed by atoms with Gasteiger partial charge in [-0.1, -0.05) is 0 Å². The Labute approximate surface area is 106 Å². The Hall–Kier alpha value is -1.79. The zero-order valence-electron chi connectivity index (χ0n) is 10.5. The standard InChI is InChI=1S/C11H20N2O5/c1-2-18-10(16)6-8-13-11(17)12-7-4-3-5-9(14)15/h2-8H2,1H3,(H,14,15)(H2,12,13,17). The summed E-state index contributed by atoms with van der Waals surface area (Å²) in [5, 5.41) is 13.5. The van der Waals surface area contributed by atoms with Crippen LogP contribution in [-0.4, -0.2) is 42.8 Å². The fourth-order valence-corrected chi connectivity index (χ4v) is 1.18. The summed E-state index contributed by atoms with van der Waals surface area (Å²) in [7, 11) is 0. The Morgan fingerprint density at radius 3 is 2.33 bits per heavy atom. The molecule has 0 atom stereocenters. The molecule has 0 aromatic heterocycles. The second kappa shape index (κ2) is 10.4. The largest absolute Gasteiger partial charge is 0.481 e. The number of carbonyl (C=O) groups excluding carboxylic acids is 2. The fourth-order valence-electron chi connectivity index (χ4n) is 1.18. The third-order valence-electron chi connectivity index (χ3n) is 2.02. The maximum absolute atomic E-state index is 11.2. The van der Waals surface area contributed by atoms with Crippen molar-refractivity contribution in [3.63, 3.8) is 0 Å². The average molecular weight is 260 g/mol. The molecule has 0 rings (SSSR count). The summed E-state index contributed by atoms with van der Waals surface area (Å²) in [6.45, 7) is 2.68. The number of aliphatic carboxylic acids is 1. The normalized spacial score (nSPS) is 9.61. The summed E-state index contributed by atoms with van der Waals surface area (Å²) in [6.07, 6.45) is 1.38. The molecule has 7 heteroatoms. The zero-order chi connectivity index (χ0) is 13.8. The Balaban J connectivity index is 3.37. The molecule has 104 valence electrons. The molecule has 7 nitrogen and oxygen atoms in total. The number of rotatable bonds is 9. The lowest BCUT2D eigenvalue weighted by atomic mass is 10.2. The van der Waals surface area contributed by atoms with Crippen molar-refractivity contribution < 1.29 is 24.2 Å². The van der Waals surface area contributed by atoms with E-state index in [9.17, 15) is 14.4 Å². The van der Waals surface area contributed by atoms with Crippen LogP contribution in [0.4, 0.5) is 4.79 Å². The molecule has 3 N–H and O–H groups in total. The van der Waals surface area contributed by atoms with Crippen molar-refractivity contribution in [2.24, 2.45) is 0 Å². The Morgan fingerprint density at radius 1 is 1.06 bits per heavy atom. The number of amides is 2. The minimum atomic E-state index is -0.839. The average Bonchev–Trinajstić information content (AvgIpc) is 2.28. The van der Waals surface area contributed by atoms with Gasteiger partial charge in [0.05, 0.1) is 13.0 Å². The van der Waals surface area contributed by atoms with Crippen LogP contribution in [-0.2, 0) is 14.3 Å². The van der Waals surface area contributed by atoms with Crippen molar-refractivity contribution in [3.05, 3.63) is 0 Å². The molecule has 0 aromatic rings. The molecule has 0 radical (unpaired) electrons. The number of hydrogen-bond acceptors (Lipinski definition) is 4. The molecular formula is C11H20N2O5. The van der Waals surface area contributed by atoms with Crippen LogP contribution in [0.5, 0.6) is 0 Å². The molecule has 0 aromatic carbocycles. The predicted octanol–water partition coefficient (Wildman–Crippen LogP) is 0.494. The minimum Gasteiger partial charge on any atom is -0.481 e. The molecule has 0 unspecified atom stereocenters. The number of carbonyl (C=O) groups is 3. The quantitative estimate of drug-likeness (QED) is 0.413. The third kappa shape index (κ3) is 10.7. The van der Waals surface area contributed by atoms with Gasteiger partial charge in [0.25, 0.3) is 0 Å². The lowest BCUT2D eigenvalue weighted by Crippen LogP contribution is -2.37. The van der Waals surface area contributed by atoms with Crippen LogP contribution in [0.25, 0.3) is 0 Å². The molecule has 2 amide bonds. The highest BCUT2D eigenvalue weighted by Crippen LogP contribution is 1.93. The molecule has 0 saturated heterocycles. The SMILES string of the molecule is CCOC(=O)CCNC(=O)NCCCCC(=O)O. The van der Waals surface area contributed by atoms with Crippen molar-refractivity contribution in [1.82, 2.24) is 10.6 Å². The first-order chi connectivity index (χ1) is 8.56. The van der Waals surface area contributed by atoms with Gasteiger partial charge in [0.1, 0.15) is 0 Å². The van der Waals surface area contributed by atoms with Crippen molar-refractivity contribution >= 4 is 18.0 Å². The van der Waals surface area contributed by atoms with Gasteiger partial charge in [-0.05, 0) is 19.8 Å². The molecule has 18 heavy (non-hydrogen) atoms. The van der Waals surface area contributed by atoms with Gasteiger partial charge in [0, 0.05) is 19.5 Å². The van der Waals surface area contributed by atoms with E-state index in [-0.39, 0.29) is 31.4 Å². The number of esters is 1.